The lowest BCUT2D eigenvalue weighted by molar-refractivity contribution is 0.0729. The Bertz CT molecular complexity index is 507. The molecule has 0 aliphatic carbocycles. The Labute approximate surface area is 95.5 Å². The van der Waals surface area contributed by atoms with Gasteiger partial charge in [0.15, 0.2) is 5.69 Å². The number of benzene rings is 1. The Morgan fingerprint density at radius 3 is 2.62 bits per heavy atom. The highest BCUT2D eigenvalue weighted by Gasteiger charge is 2.11. The van der Waals surface area contributed by atoms with Crippen LogP contribution in [0.15, 0.2) is 29.6 Å². The molecule has 1 aromatic heterocycles. The van der Waals surface area contributed by atoms with Crippen molar-refractivity contribution in [2.75, 3.05) is 0 Å². The first-order chi connectivity index (χ1) is 7.65. The molecule has 1 aromatic carbocycles. The van der Waals surface area contributed by atoms with Gasteiger partial charge in [-0.3, -0.25) is 0 Å². The Kier molecular flexibility index (Phi) is 2.96. The Morgan fingerprint density at radius 2 is 2.06 bits per heavy atom. The van der Waals surface area contributed by atoms with Gasteiger partial charge in [-0.1, -0.05) is 0 Å². The van der Waals surface area contributed by atoms with E-state index >= 15 is 0 Å². The first kappa shape index (κ1) is 10.8. The second-order valence-corrected chi connectivity index (χ2v) is 4.16. The van der Waals surface area contributed by atoms with Gasteiger partial charge in [-0.2, -0.15) is 0 Å². The zero-order valence-electron chi connectivity index (χ0n) is 8.44. The summed E-state index contributed by atoms with van der Waals surface area (Å²) in [4.78, 5) is 15.5. The van der Waals surface area contributed by atoms with E-state index in [1.165, 1.54) is 35.6 Å². The predicted octanol–water partition coefficient (Wildman–Crippen LogP) is 2.81. The first-order valence-corrected chi connectivity index (χ1v) is 5.43. The maximum Gasteiger partial charge on any atom is 0.363 e. The molecule has 82 valence electrons. The Morgan fingerprint density at radius 1 is 1.38 bits per heavy atom. The van der Waals surface area contributed by atoms with Crippen LogP contribution in [0.1, 0.15) is 15.5 Å². The molecule has 2 aromatic rings. The number of hydrogen-bond donors (Lipinski definition) is 0. The number of carbonyl (C=O) groups excluding carboxylic acids is 1. The van der Waals surface area contributed by atoms with E-state index in [4.69, 9.17) is 4.74 Å². The minimum Gasteiger partial charge on any atom is -0.422 e. The summed E-state index contributed by atoms with van der Waals surface area (Å²) in [6, 6.07) is 5.25. The maximum absolute atomic E-state index is 12.6. The largest absolute Gasteiger partial charge is 0.422 e. The first-order valence-electron chi connectivity index (χ1n) is 4.55. The van der Waals surface area contributed by atoms with Gasteiger partial charge in [-0.25, -0.2) is 14.2 Å². The molecule has 5 heteroatoms. The van der Waals surface area contributed by atoms with Crippen LogP contribution >= 0.6 is 11.3 Å². The smallest absolute Gasteiger partial charge is 0.363 e. The number of nitrogens with zero attached hydrogens (tertiary/aromatic N) is 1. The Hall–Kier alpha value is -1.75. The predicted molar refractivity (Wildman–Crippen MR) is 58.2 cm³/mol. The summed E-state index contributed by atoms with van der Waals surface area (Å²) in [6.45, 7) is 1.80. The third-order valence-corrected chi connectivity index (χ3v) is 2.63. The van der Waals surface area contributed by atoms with E-state index in [1.807, 2.05) is 0 Å². The molecule has 0 bridgehead atoms. The van der Waals surface area contributed by atoms with E-state index in [1.54, 1.807) is 12.3 Å². The molecule has 0 N–H and O–H groups in total. The van der Waals surface area contributed by atoms with Crippen LogP contribution in [0, 0.1) is 12.7 Å². The van der Waals surface area contributed by atoms with Crippen LogP contribution in [0.5, 0.6) is 5.75 Å². The molecule has 0 atom stereocenters. The lowest BCUT2D eigenvalue weighted by Gasteiger charge is -2.01. The van der Waals surface area contributed by atoms with Crippen LogP contribution in [-0.2, 0) is 0 Å². The zero-order chi connectivity index (χ0) is 11.5. The van der Waals surface area contributed by atoms with Gasteiger partial charge < -0.3 is 4.74 Å². The molecule has 0 saturated heterocycles. The second kappa shape index (κ2) is 4.40. The van der Waals surface area contributed by atoms with Crippen molar-refractivity contribution in [3.8, 4) is 5.75 Å². The fourth-order valence-electron chi connectivity index (χ4n) is 1.12. The summed E-state index contributed by atoms with van der Waals surface area (Å²) in [7, 11) is 0. The number of ether oxygens (including phenoxy) is 1. The second-order valence-electron chi connectivity index (χ2n) is 3.10. The summed E-state index contributed by atoms with van der Waals surface area (Å²) in [5.74, 6) is -0.600. The molecule has 2 rings (SSSR count). The minimum atomic E-state index is -0.532. The van der Waals surface area contributed by atoms with Gasteiger partial charge in [0.25, 0.3) is 0 Å². The number of hydrogen-bond acceptors (Lipinski definition) is 4. The maximum atomic E-state index is 12.6. The molecule has 0 spiro atoms. The summed E-state index contributed by atoms with van der Waals surface area (Å²) >= 11 is 1.37. The molecular weight excluding hydrogens is 229 g/mol. The van der Waals surface area contributed by atoms with Gasteiger partial charge in [0, 0.05) is 5.38 Å². The molecule has 1 heterocycles. The highest BCUT2D eigenvalue weighted by molar-refractivity contribution is 7.09. The highest BCUT2D eigenvalue weighted by atomic mass is 32.1. The molecular formula is C11H8FNO2S. The van der Waals surface area contributed by atoms with Crippen LogP contribution < -0.4 is 4.74 Å². The van der Waals surface area contributed by atoms with Crippen molar-refractivity contribution in [1.82, 2.24) is 4.98 Å². The van der Waals surface area contributed by atoms with Gasteiger partial charge in [-0.05, 0) is 31.2 Å². The number of halogens is 1. The molecule has 0 unspecified atom stereocenters. The summed E-state index contributed by atoms with van der Waals surface area (Å²) in [6.07, 6.45) is 0. The van der Waals surface area contributed by atoms with Gasteiger partial charge in [0.2, 0.25) is 0 Å². The topological polar surface area (TPSA) is 39.2 Å². The van der Waals surface area contributed by atoms with E-state index in [-0.39, 0.29) is 11.5 Å². The van der Waals surface area contributed by atoms with Crippen LogP contribution in [0.4, 0.5) is 4.39 Å². The van der Waals surface area contributed by atoms with Crippen molar-refractivity contribution < 1.29 is 13.9 Å². The number of carbonyl (C=O) groups is 1. The SMILES string of the molecule is Cc1nc(C(=O)Oc2ccc(F)cc2)cs1. The van der Waals surface area contributed by atoms with Crippen LogP contribution in [0.2, 0.25) is 0 Å². The van der Waals surface area contributed by atoms with Gasteiger partial charge in [0.1, 0.15) is 11.6 Å². The van der Waals surface area contributed by atoms with Crippen molar-refractivity contribution in [3.63, 3.8) is 0 Å². The number of aryl methyl sites for hydroxylation is 1. The average molecular weight is 237 g/mol. The summed E-state index contributed by atoms with van der Waals surface area (Å²) < 4.78 is 17.6. The number of aromatic nitrogens is 1. The quantitative estimate of drug-likeness (QED) is 0.595. The van der Waals surface area contributed by atoms with Crippen molar-refractivity contribution in [1.29, 1.82) is 0 Å². The normalized spacial score (nSPS) is 10.1. The summed E-state index contributed by atoms with van der Waals surface area (Å²) in [5.41, 5.74) is 0.270. The molecule has 0 fully saturated rings. The van der Waals surface area contributed by atoms with E-state index in [0.29, 0.717) is 5.75 Å². The average Bonchev–Trinajstić information content (AvgIpc) is 2.68. The fraction of sp³-hybridized carbons (Fsp3) is 0.0909. The molecule has 0 amide bonds. The highest BCUT2D eigenvalue weighted by Crippen LogP contribution is 2.14. The van der Waals surface area contributed by atoms with Gasteiger partial charge in [0.05, 0.1) is 5.01 Å². The van der Waals surface area contributed by atoms with Crippen molar-refractivity contribution >= 4 is 17.3 Å². The minimum absolute atomic E-state index is 0.270. The Balaban J connectivity index is 2.10. The van der Waals surface area contributed by atoms with Gasteiger partial charge >= 0.3 is 5.97 Å². The fourth-order valence-corrected chi connectivity index (χ4v) is 1.70. The lowest BCUT2D eigenvalue weighted by Crippen LogP contribution is -2.08. The monoisotopic (exact) mass is 237 g/mol. The van der Waals surface area contributed by atoms with Crippen LogP contribution in [-0.4, -0.2) is 11.0 Å². The lowest BCUT2D eigenvalue weighted by atomic mass is 10.3. The van der Waals surface area contributed by atoms with E-state index in [2.05, 4.69) is 4.98 Å². The third kappa shape index (κ3) is 2.43. The number of esters is 1. The molecule has 0 saturated carbocycles. The van der Waals surface area contributed by atoms with Crippen molar-refractivity contribution in [2.24, 2.45) is 0 Å². The van der Waals surface area contributed by atoms with Crippen LogP contribution in [0.3, 0.4) is 0 Å². The molecule has 16 heavy (non-hydrogen) atoms. The van der Waals surface area contributed by atoms with E-state index in [9.17, 15) is 9.18 Å². The van der Waals surface area contributed by atoms with E-state index < -0.39 is 5.97 Å². The number of rotatable bonds is 2. The van der Waals surface area contributed by atoms with Gasteiger partial charge in [-0.15, -0.1) is 11.3 Å². The standard InChI is InChI=1S/C11H8FNO2S/c1-7-13-10(6-16-7)11(14)15-9-4-2-8(12)3-5-9/h2-6H,1H3. The molecule has 0 radical (unpaired) electrons. The molecule has 0 aliphatic rings. The zero-order valence-corrected chi connectivity index (χ0v) is 9.25. The molecule has 0 aliphatic heterocycles. The third-order valence-electron chi connectivity index (χ3n) is 1.85. The summed E-state index contributed by atoms with van der Waals surface area (Å²) in [5, 5.41) is 2.42. The van der Waals surface area contributed by atoms with Crippen molar-refractivity contribution in [2.45, 2.75) is 6.92 Å². The molecule has 3 nitrogen and oxygen atoms in total. The van der Waals surface area contributed by atoms with Crippen LogP contribution in [0.25, 0.3) is 0 Å². The van der Waals surface area contributed by atoms with Crippen molar-refractivity contribution in [3.05, 3.63) is 46.2 Å². The van der Waals surface area contributed by atoms with E-state index in [0.717, 1.165) is 5.01 Å². The number of thiazole rings is 1.